The molecule has 0 aromatic heterocycles. The molecule has 5 nitrogen and oxygen atoms in total. The van der Waals surface area contributed by atoms with Gasteiger partial charge >= 0.3 is 6.03 Å². The molecule has 0 bridgehead atoms. The summed E-state index contributed by atoms with van der Waals surface area (Å²) in [4.78, 5) is 25.9. The van der Waals surface area contributed by atoms with Crippen LogP contribution in [0.1, 0.15) is 32.1 Å². The number of likely N-dealkylation sites (N-methyl/N-ethyl adjacent to an activating group) is 1. The van der Waals surface area contributed by atoms with Crippen molar-refractivity contribution in [2.75, 3.05) is 26.7 Å². The number of quaternary nitrogens is 1. The Morgan fingerprint density at radius 2 is 2.12 bits per heavy atom. The Bertz CT molecular complexity index is 300. The minimum Gasteiger partial charge on any atom is -0.336 e. The quantitative estimate of drug-likeness (QED) is 0.691. The van der Waals surface area contributed by atoms with Gasteiger partial charge in [-0.15, -0.1) is 0 Å². The highest BCUT2D eigenvalue weighted by Gasteiger charge is 2.30. The van der Waals surface area contributed by atoms with Crippen LogP contribution in [0.3, 0.4) is 0 Å². The number of hydrogen-bond acceptors (Lipinski definition) is 2. The molecule has 1 unspecified atom stereocenters. The van der Waals surface area contributed by atoms with Gasteiger partial charge in [0, 0.05) is 13.1 Å². The number of urea groups is 1. The molecule has 2 aliphatic rings. The summed E-state index contributed by atoms with van der Waals surface area (Å²) in [5.74, 6) is -0.0388. The Hall–Kier alpha value is -1.10. The second-order valence-corrected chi connectivity index (χ2v) is 5.14. The number of rotatable bonds is 3. The third kappa shape index (κ3) is 2.97. The molecule has 0 radical (unpaired) electrons. The van der Waals surface area contributed by atoms with Crippen LogP contribution in [0.5, 0.6) is 0 Å². The van der Waals surface area contributed by atoms with E-state index in [1.165, 1.54) is 41.9 Å². The van der Waals surface area contributed by atoms with Gasteiger partial charge in [0.15, 0.2) is 6.54 Å². The van der Waals surface area contributed by atoms with Gasteiger partial charge in [-0.2, -0.15) is 0 Å². The van der Waals surface area contributed by atoms with Gasteiger partial charge in [0.1, 0.15) is 0 Å². The average Bonchev–Trinajstić information content (AvgIpc) is 2.76. The summed E-state index contributed by atoms with van der Waals surface area (Å²) in [6.07, 6.45) is 6.31. The van der Waals surface area contributed by atoms with Gasteiger partial charge < -0.3 is 10.2 Å². The maximum Gasteiger partial charge on any atom is 0.324 e. The second-order valence-electron chi connectivity index (χ2n) is 5.14. The molecule has 5 heteroatoms. The maximum atomic E-state index is 12.0. The minimum absolute atomic E-state index is 0.0388. The van der Waals surface area contributed by atoms with E-state index in [2.05, 4.69) is 12.4 Å². The monoisotopic (exact) mass is 240 g/mol. The van der Waals surface area contributed by atoms with Crippen LogP contribution >= 0.6 is 0 Å². The summed E-state index contributed by atoms with van der Waals surface area (Å²) in [6, 6.07) is 0.366. The largest absolute Gasteiger partial charge is 0.336 e. The lowest BCUT2D eigenvalue weighted by Gasteiger charge is -2.28. The van der Waals surface area contributed by atoms with Crippen molar-refractivity contribution in [1.82, 2.24) is 10.2 Å². The predicted octanol–water partition coefficient (Wildman–Crippen LogP) is -0.614. The van der Waals surface area contributed by atoms with Gasteiger partial charge in [-0.05, 0) is 25.7 Å². The zero-order chi connectivity index (χ0) is 12.3. The number of nitrogens with zero attached hydrogens (tertiary/aromatic N) is 1. The Balaban J connectivity index is 1.82. The van der Waals surface area contributed by atoms with Gasteiger partial charge in [0.25, 0.3) is 5.91 Å². The molecule has 1 heterocycles. The first kappa shape index (κ1) is 12.4. The van der Waals surface area contributed by atoms with E-state index < -0.39 is 0 Å². The van der Waals surface area contributed by atoms with Crippen molar-refractivity contribution in [3.63, 3.8) is 0 Å². The van der Waals surface area contributed by atoms with Gasteiger partial charge in [-0.3, -0.25) is 9.69 Å². The van der Waals surface area contributed by atoms with Crippen LogP contribution in [0.2, 0.25) is 0 Å². The first-order valence-electron chi connectivity index (χ1n) is 6.59. The Labute approximate surface area is 102 Å². The van der Waals surface area contributed by atoms with Crippen molar-refractivity contribution in [3.05, 3.63) is 0 Å². The maximum absolute atomic E-state index is 12.0. The van der Waals surface area contributed by atoms with Crippen LogP contribution in [-0.2, 0) is 4.79 Å². The minimum atomic E-state index is -0.230. The number of hydrogen-bond donors (Lipinski definition) is 2. The SMILES string of the molecule is C[NH+](CC(=O)N1CCNC1=O)C1CCCCC1. The lowest BCUT2D eigenvalue weighted by molar-refractivity contribution is -0.899. The molecule has 17 heavy (non-hydrogen) atoms. The number of nitrogens with one attached hydrogen (secondary N) is 2. The Morgan fingerprint density at radius 1 is 1.41 bits per heavy atom. The van der Waals surface area contributed by atoms with Crippen LogP contribution in [-0.4, -0.2) is 49.6 Å². The van der Waals surface area contributed by atoms with Crippen molar-refractivity contribution in [2.45, 2.75) is 38.1 Å². The van der Waals surface area contributed by atoms with Crippen molar-refractivity contribution < 1.29 is 14.5 Å². The average molecular weight is 240 g/mol. The molecule has 0 aromatic rings. The summed E-state index contributed by atoms with van der Waals surface area (Å²) in [5, 5.41) is 2.66. The van der Waals surface area contributed by atoms with Crippen LogP contribution in [0.4, 0.5) is 4.79 Å². The highest BCUT2D eigenvalue weighted by atomic mass is 16.2. The van der Waals surface area contributed by atoms with E-state index >= 15 is 0 Å². The van der Waals surface area contributed by atoms with Crippen molar-refractivity contribution >= 4 is 11.9 Å². The lowest BCUT2D eigenvalue weighted by atomic mass is 9.94. The fourth-order valence-electron chi connectivity index (χ4n) is 2.78. The normalized spacial score (nSPS) is 23.6. The summed E-state index contributed by atoms with van der Waals surface area (Å²) >= 11 is 0. The smallest absolute Gasteiger partial charge is 0.324 e. The van der Waals surface area contributed by atoms with E-state index in [1.807, 2.05) is 0 Å². The number of carbonyl (C=O) groups excluding carboxylic acids is 2. The fraction of sp³-hybridized carbons (Fsp3) is 0.833. The van der Waals surface area contributed by atoms with Crippen LogP contribution in [0.25, 0.3) is 0 Å². The second kappa shape index (κ2) is 5.49. The molecule has 2 N–H and O–H groups in total. The van der Waals surface area contributed by atoms with Gasteiger partial charge in [0.2, 0.25) is 0 Å². The van der Waals surface area contributed by atoms with Crippen molar-refractivity contribution in [1.29, 1.82) is 0 Å². The molecular formula is C12H22N3O2+. The molecule has 0 spiro atoms. The molecule has 1 aliphatic heterocycles. The van der Waals surface area contributed by atoms with E-state index in [1.54, 1.807) is 0 Å². The predicted molar refractivity (Wildman–Crippen MR) is 63.7 cm³/mol. The molecule has 96 valence electrons. The Kier molecular flexibility index (Phi) is 3.99. The number of carbonyl (C=O) groups is 2. The van der Waals surface area contributed by atoms with Gasteiger partial charge in [0.05, 0.1) is 13.1 Å². The number of amides is 3. The third-order valence-corrected chi connectivity index (χ3v) is 3.89. The molecule has 0 aromatic carbocycles. The van der Waals surface area contributed by atoms with E-state index in [9.17, 15) is 9.59 Å². The topological polar surface area (TPSA) is 53.9 Å². The molecule has 1 saturated heterocycles. The van der Waals surface area contributed by atoms with Crippen molar-refractivity contribution in [2.24, 2.45) is 0 Å². The van der Waals surface area contributed by atoms with Gasteiger partial charge in [-0.1, -0.05) is 6.42 Å². The molecule has 2 rings (SSSR count). The highest BCUT2D eigenvalue weighted by molar-refractivity contribution is 5.96. The molecule has 3 amide bonds. The van der Waals surface area contributed by atoms with Gasteiger partial charge in [-0.25, -0.2) is 4.79 Å². The molecular weight excluding hydrogens is 218 g/mol. The summed E-state index contributed by atoms with van der Waals surface area (Å²) in [5.41, 5.74) is 0. The highest BCUT2D eigenvalue weighted by Crippen LogP contribution is 2.15. The van der Waals surface area contributed by atoms with E-state index in [0.717, 1.165) is 0 Å². The lowest BCUT2D eigenvalue weighted by Crippen LogP contribution is -3.14. The molecule has 2 fully saturated rings. The first-order chi connectivity index (χ1) is 8.18. The zero-order valence-electron chi connectivity index (χ0n) is 10.5. The van der Waals surface area contributed by atoms with Crippen LogP contribution in [0.15, 0.2) is 0 Å². The van der Waals surface area contributed by atoms with E-state index in [-0.39, 0.29) is 11.9 Å². The third-order valence-electron chi connectivity index (χ3n) is 3.89. The van der Waals surface area contributed by atoms with Crippen molar-refractivity contribution in [3.8, 4) is 0 Å². The molecule has 1 saturated carbocycles. The first-order valence-corrected chi connectivity index (χ1v) is 6.59. The molecule has 1 aliphatic carbocycles. The zero-order valence-corrected chi connectivity index (χ0v) is 10.5. The molecule has 1 atom stereocenters. The standard InChI is InChI=1S/C12H21N3O2/c1-14(10-5-3-2-4-6-10)9-11(16)15-8-7-13-12(15)17/h10H,2-9H2,1H3,(H,13,17)/p+1. The van der Waals surface area contributed by atoms with Crippen LogP contribution < -0.4 is 10.2 Å². The van der Waals surface area contributed by atoms with E-state index in [4.69, 9.17) is 0 Å². The number of imide groups is 1. The van der Waals surface area contributed by atoms with Crippen LogP contribution in [0, 0.1) is 0 Å². The fourth-order valence-corrected chi connectivity index (χ4v) is 2.78. The summed E-state index contributed by atoms with van der Waals surface area (Å²) in [7, 11) is 2.07. The van der Waals surface area contributed by atoms with E-state index in [0.29, 0.717) is 25.7 Å². The summed E-state index contributed by atoms with van der Waals surface area (Å²) in [6.45, 7) is 1.56. The Morgan fingerprint density at radius 3 is 2.71 bits per heavy atom. The summed E-state index contributed by atoms with van der Waals surface area (Å²) < 4.78 is 0.